The van der Waals surface area contributed by atoms with E-state index in [1.165, 1.54) is 0 Å². The minimum atomic E-state index is -0.152. The van der Waals surface area contributed by atoms with Gasteiger partial charge in [0.25, 0.3) is 0 Å². The molecule has 4 heteroatoms. The maximum absolute atomic E-state index is 11.2. The molecule has 0 heterocycles. The second kappa shape index (κ2) is 6.73. The van der Waals surface area contributed by atoms with E-state index in [1.807, 2.05) is 25.1 Å². The summed E-state index contributed by atoms with van der Waals surface area (Å²) in [5.74, 6) is 0.697. The lowest BCUT2D eigenvalue weighted by Crippen LogP contribution is -2.06. The van der Waals surface area contributed by atoms with E-state index in [0.29, 0.717) is 19.4 Å². The molecule has 0 fully saturated rings. The Morgan fingerprint density at radius 2 is 2.19 bits per heavy atom. The monoisotopic (exact) mass is 334 g/mol. The molecule has 0 aromatic heterocycles. The standard InChI is InChI=1S/C12H15IO3/c1-3-16-11(14)8-7-9-5-4-6-10(15-2)12(9)13/h4-6H,3,7-8H2,1-2H3. The molecule has 0 saturated heterocycles. The zero-order chi connectivity index (χ0) is 12.0. The fraction of sp³-hybridized carbons (Fsp3) is 0.417. The molecule has 16 heavy (non-hydrogen) atoms. The van der Waals surface area contributed by atoms with Crippen molar-refractivity contribution in [3.05, 3.63) is 27.3 Å². The Balaban J connectivity index is 2.63. The molecule has 0 saturated carbocycles. The van der Waals surface area contributed by atoms with Crippen LogP contribution in [0.4, 0.5) is 0 Å². The maximum Gasteiger partial charge on any atom is 0.306 e. The topological polar surface area (TPSA) is 35.5 Å². The lowest BCUT2D eigenvalue weighted by atomic mass is 10.1. The molecule has 0 aliphatic carbocycles. The van der Waals surface area contributed by atoms with Gasteiger partial charge in [-0.2, -0.15) is 0 Å². The number of esters is 1. The van der Waals surface area contributed by atoms with Gasteiger partial charge >= 0.3 is 5.97 Å². The van der Waals surface area contributed by atoms with Gasteiger partial charge in [0.1, 0.15) is 5.75 Å². The number of carbonyl (C=O) groups excluding carboxylic acids is 1. The molecule has 0 amide bonds. The number of benzene rings is 1. The Bertz CT molecular complexity index is 363. The smallest absolute Gasteiger partial charge is 0.306 e. The van der Waals surface area contributed by atoms with E-state index in [-0.39, 0.29) is 5.97 Å². The van der Waals surface area contributed by atoms with E-state index in [2.05, 4.69) is 22.6 Å². The lowest BCUT2D eigenvalue weighted by Gasteiger charge is -2.08. The van der Waals surface area contributed by atoms with Crippen LogP contribution in [0, 0.1) is 3.57 Å². The summed E-state index contributed by atoms with van der Waals surface area (Å²) in [6.07, 6.45) is 1.10. The third-order valence-electron chi connectivity index (χ3n) is 2.17. The summed E-state index contributed by atoms with van der Waals surface area (Å²) < 4.78 is 11.2. The molecule has 0 spiro atoms. The summed E-state index contributed by atoms with van der Waals surface area (Å²) >= 11 is 2.23. The van der Waals surface area contributed by atoms with Crippen LogP contribution in [0.2, 0.25) is 0 Å². The van der Waals surface area contributed by atoms with Crippen LogP contribution in [0.3, 0.4) is 0 Å². The van der Waals surface area contributed by atoms with Crippen molar-refractivity contribution >= 4 is 28.6 Å². The molecule has 1 aromatic carbocycles. The van der Waals surface area contributed by atoms with Crippen LogP contribution in [0.25, 0.3) is 0 Å². The van der Waals surface area contributed by atoms with Gasteiger partial charge in [0.05, 0.1) is 17.3 Å². The predicted molar refractivity (Wildman–Crippen MR) is 70.7 cm³/mol. The number of ether oxygens (including phenoxy) is 2. The normalized spacial score (nSPS) is 9.94. The third kappa shape index (κ3) is 3.66. The quantitative estimate of drug-likeness (QED) is 0.614. The molecule has 0 atom stereocenters. The van der Waals surface area contributed by atoms with Gasteiger partial charge in [-0.1, -0.05) is 12.1 Å². The molecular weight excluding hydrogens is 319 g/mol. The Morgan fingerprint density at radius 3 is 2.81 bits per heavy atom. The molecule has 0 radical (unpaired) electrons. The first-order chi connectivity index (χ1) is 7.69. The molecule has 0 N–H and O–H groups in total. The van der Waals surface area contributed by atoms with E-state index >= 15 is 0 Å². The minimum absolute atomic E-state index is 0.152. The molecule has 0 bridgehead atoms. The molecule has 88 valence electrons. The number of hydrogen-bond donors (Lipinski definition) is 0. The van der Waals surface area contributed by atoms with Crippen molar-refractivity contribution in [3.8, 4) is 5.75 Å². The molecule has 0 unspecified atom stereocenters. The number of rotatable bonds is 5. The number of halogens is 1. The summed E-state index contributed by atoms with van der Waals surface area (Å²) in [7, 11) is 1.65. The van der Waals surface area contributed by atoms with Crippen LogP contribution in [0.1, 0.15) is 18.9 Å². The Morgan fingerprint density at radius 1 is 1.44 bits per heavy atom. The van der Waals surface area contributed by atoms with Crippen LogP contribution in [0.15, 0.2) is 18.2 Å². The Kier molecular flexibility index (Phi) is 5.59. The van der Waals surface area contributed by atoms with Crippen LogP contribution >= 0.6 is 22.6 Å². The van der Waals surface area contributed by atoms with Crippen molar-refractivity contribution in [1.29, 1.82) is 0 Å². The largest absolute Gasteiger partial charge is 0.496 e. The average Bonchev–Trinajstić information content (AvgIpc) is 2.28. The summed E-state index contributed by atoms with van der Waals surface area (Å²) in [6.45, 7) is 2.25. The van der Waals surface area contributed by atoms with Crippen molar-refractivity contribution in [2.24, 2.45) is 0 Å². The van der Waals surface area contributed by atoms with Gasteiger partial charge in [-0.25, -0.2) is 0 Å². The van der Waals surface area contributed by atoms with Gasteiger partial charge in [0.2, 0.25) is 0 Å². The highest BCUT2D eigenvalue weighted by Gasteiger charge is 2.08. The molecule has 3 nitrogen and oxygen atoms in total. The van der Waals surface area contributed by atoms with Gasteiger partial charge in [0, 0.05) is 6.42 Å². The SMILES string of the molecule is CCOC(=O)CCc1cccc(OC)c1I. The van der Waals surface area contributed by atoms with E-state index in [4.69, 9.17) is 9.47 Å². The molecule has 0 aliphatic rings. The van der Waals surface area contributed by atoms with Crippen molar-refractivity contribution < 1.29 is 14.3 Å². The maximum atomic E-state index is 11.2. The Labute approximate surface area is 109 Å². The van der Waals surface area contributed by atoms with Crippen molar-refractivity contribution in [3.63, 3.8) is 0 Å². The van der Waals surface area contributed by atoms with Gasteiger partial charge < -0.3 is 9.47 Å². The predicted octanol–water partition coefficient (Wildman–Crippen LogP) is 2.80. The number of methoxy groups -OCH3 is 1. The lowest BCUT2D eigenvalue weighted by molar-refractivity contribution is -0.143. The third-order valence-corrected chi connectivity index (χ3v) is 3.39. The van der Waals surface area contributed by atoms with Crippen molar-refractivity contribution in [2.45, 2.75) is 19.8 Å². The minimum Gasteiger partial charge on any atom is -0.496 e. The average molecular weight is 334 g/mol. The van der Waals surface area contributed by atoms with E-state index in [1.54, 1.807) is 7.11 Å². The van der Waals surface area contributed by atoms with Gasteiger partial charge in [0.15, 0.2) is 0 Å². The molecule has 1 rings (SSSR count). The highest BCUT2D eigenvalue weighted by Crippen LogP contribution is 2.24. The number of carbonyl (C=O) groups is 1. The van der Waals surface area contributed by atoms with E-state index < -0.39 is 0 Å². The molecule has 0 aliphatic heterocycles. The molecule has 1 aromatic rings. The highest BCUT2D eigenvalue weighted by molar-refractivity contribution is 14.1. The summed E-state index contributed by atoms with van der Waals surface area (Å²) in [6, 6.07) is 5.85. The van der Waals surface area contributed by atoms with Gasteiger partial charge in [-0.05, 0) is 47.6 Å². The number of aryl methyl sites for hydroxylation is 1. The van der Waals surface area contributed by atoms with Gasteiger partial charge in [-0.15, -0.1) is 0 Å². The fourth-order valence-corrected chi connectivity index (χ4v) is 2.23. The fourth-order valence-electron chi connectivity index (χ4n) is 1.38. The first-order valence-corrected chi connectivity index (χ1v) is 6.24. The second-order valence-corrected chi connectivity index (χ2v) is 4.32. The molecular formula is C12H15IO3. The summed E-state index contributed by atoms with van der Waals surface area (Å²) in [5.41, 5.74) is 1.12. The van der Waals surface area contributed by atoms with Gasteiger partial charge in [-0.3, -0.25) is 4.79 Å². The summed E-state index contributed by atoms with van der Waals surface area (Å²) in [4.78, 5) is 11.2. The number of hydrogen-bond acceptors (Lipinski definition) is 3. The Hall–Kier alpha value is -0.780. The van der Waals surface area contributed by atoms with Crippen LogP contribution in [-0.4, -0.2) is 19.7 Å². The first kappa shape index (κ1) is 13.3. The van der Waals surface area contributed by atoms with Crippen LogP contribution in [-0.2, 0) is 16.0 Å². The van der Waals surface area contributed by atoms with Crippen LogP contribution in [0.5, 0.6) is 5.75 Å². The van der Waals surface area contributed by atoms with Crippen molar-refractivity contribution in [2.75, 3.05) is 13.7 Å². The summed E-state index contributed by atoms with van der Waals surface area (Å²) in [5, 5.41) is 0. The second-order valence-electron chi connectivity index (χ2n) is 3.24. The first-order valence-electron chi connectivity index (χ1n) is 5.16. The highest BCUT2D eigenvalue weighted by atomic mass is 127. The zero-order valence-corrected chi connectivity index (χ0v) is 11.6. The van der Waals surface area contributed by atoms with E-state index in [9.17, 15) is 4.79 Å². The van der Waals surface area contributed by atoms with Crippen LogP contribution < -0.4 is 4.74 Å². The van der Waals surface area contributed by atoms with E-state index in [0.717, 1.165) is 14.9 Å². The zero-order valence-electron chi connectivity index (χ0n) is 9.46. The van der Waals surface area contributed by atoms with Crippen molar-refractivity contribution in [1.82, 2.24) is 0 Å².